The molecule has 0 aliphatic heterocycles. The minimum Gasteiger partial charge on any atom is -0.340 e. The number of anilines is 3. The van der Waals surface area contributed by atoms with E-state index in [1.807, 2.05) is 30.3 Å². The molecule has 5 aromatic carbocycles. The minimum absolute atomic E-state index is 0.287. The number of nitrogens with zero attached hydrogens (tertiary/aromatic N) is 2. The van der Waals surface area contributed by atoms with E-state index in [0.29, 0.717) is 32.9 Å². The number of rotatable bonds is 5. The summed E-state index contributed by atoms with van der Waals surface area (Å²) in [5.41, 5.74) is 6.48. The molecule has 200 valence electrons. The number of carbonyl (C=O) groups is 1. The van der Waals surface area contributed by atoms with Gasteiger partial charge in [0.2, 0.25) is 0 Å². The van der Waals surface area contributed by atoms with Crippen molar-refractivity contribution in [2.45, 2.75) is 19.3 Å². The summed E-state index contributed by atoms with van der Waals surface area (Å²) in [4.78, 5) is 22.9. The zero-order chi connectivity index (χ0) is 27.9. The van der Waals surface area contributed by atoms with E-state index >= 15 is 0 Å². The maximum atomic E-state index is 13.0. The van der Waals surface area contributed by atoms with Crippen molar-refractivity contribution in [3.8, 4) is 11.4 Å². The van der Waals surface area contributed by atoms with Gasteiger partial charge in [0.15, 0.2) is 5.82 Å². The van der Waals surface area contributed by atoms with Crippen LogP contribution in [0.5, 0.6) is 0 Å². The van der Waals surface area contributed by atoms with E-state index in [-0.39, 0.29) is 5.91 Å². The average Bonchev–Trinajstić information content (AvgIpc) is 3.46. The summed E-state index contributed by atoms with van der Waals surface area (Å²) < 4.78 is 0. The molecule has 1 aromatic heterocycles. The number of carbonyl (C=O) groups excluding carboxylic acids is 1. The summed E-state index contributed by atoms with van der Waals surface area (Å²) >= 11 is 12.2. The Kier molecular flexibility index (Phi) is 6.54. The number of benzene rings is 5. The highest BCUT2D eigenvalue weighted by molar-refractivity contribution is 6.42. The maximum absolute atomic E-state index is 13.0. The van der Waals surface area contributed by atoms with Gasteiger partial charge in [-0.15, -0.1) is 0 Å². The predicted molar refractivity (Wildman–Crippen MR) is 169 cm³/mol. The predicted octanol–water partition coefficient (Wildman–Crippen LogP) is 9.24. The molecule has 1 aliphatic rings. The number of hydrogen-bond acceptors (Lipinski definition) is 4. The first-order valence-electron chi connectivity index (χ1n) is 13.5. The fourth-order valence-corrected chi connectivity index (χ4v) is 5.68. The summed E-state index contributed by atoms with van der Waals surface area (Å²) in [6.45, 7) is 0. The Hall–Kier alpha value is -4.45. The number of fused-ring (bicyclic) bond motifs is 3. The third-order valence-electron chi connectivity index (χ3n) is 7.50. The van der Waals surface area contributed by atoms with E-state index < -0.39 is 0 Å². The van der Waals surface area contributed by atoms with Crippen LogP contribution in [-0.4, -0.2) is 15.9 Å². The van der Waals surface area contributed by atoms with Gasteiger partial charge in [-0.25, -0.2) is 9.97 Å². The lowest BCUT2D eigenvalue weighted by molar-refractivity contribution is 0.102. The van der Waals surface area contributed by atoms with Crippen molar-refractivity contribution in [2.24, 2.45) is 0 Å². The van der Waals surface area contributed by atoms with Crippen LogP contribution in [0.1, 0.15) is 27.9 Å². The Balaban J connectivity index is 1.30. The van der Waals surface area contributed by atoms with Gasteiger partial charge in [0, 0.05) is 27.9 Å². The summed E-state index contributed by atoms with van der Waals surface area (Å²) in [6, 6.07) is 31.5. The summed E-state index contributed by atoms with van der Waals surface area (Å²) in [6.07, 6.45) is 3.39. The molecule has 2 N–H and O–H groups in total. The van der Waals surface area contributed by atoms with E-state index in [0.717, 1.165) is 45.8 Å². The number of amides is 1. The van der Waals surface area contributed by atoms with E-state index in [1.54, 1.807) is 18.2 Å². The van der Waals surface area contributed by atoms with Gasteiger partial charge < -0.3 is 10.6 Å². The molecule has 1 heterocycles. The largest absolute Gasteiger partial charge is 0.340 e. The van der Waals surface area contributed by atoms with E-state index in [9.17, 15) is 4.79 Å². The molecule has 5 nitrogen and oxygen atoms in total. The molecule has 0 saturated carbocycles. The first-order chi connectivity index (χ1) is 20.0. The Bertz CT molecular complexity index is 1990. The zero-order valence-corrected chi connectivity index (χ0v) is 23.4. The van der Waals surface area contributed by atoms with Crippen LogP contribution in [0.25, 0.3) is 33.1 Å². The third kappa shape index (κ3) is 5.10. The summed E-state index contributed by atoms with van der Waals surface area (Å²) in [5.74, 6) is 1.01. The number of aryl methyl sites for hydroxylation is 2. The molecule has 0 saturated heterocycles. The number of nitrogens with one attached hydrogen (secondary N) is 2. The van der Waals surface area contributed by atoms with Gasteiger partial charge in [0.05, 0.1) is 15.6 Å². The zero-order valence-electron chi connectivity index (χ0n) is 21.9. The third-order valence-corrected chi connectivity index (χ3v) is 8.24. The van der Waals surface area contributed by atoms with Gasteiger partial charge >= 0.3 is 0 Å². The second-order valence-electron chi connectivity index (χ2n) is 10.2. The van der Waals surface area contributed by atoms with E-state index in [4.69, 9.17) is 33.2 Å². The van der Waals surface area contributed by atoms with Crippen molar-refractivity contribution in [3.63, 3.8) is 0 Å². The van der Waals surface area contributed by atoms with Crippen molar-refractivity contribution in [1.29, 1.82) is 0 Å². The molecule has 6 aromatic rings. The van der Waals surface area contributed by atoms with Crippen LogP contribution in [0.15, 0.2) is 97.1 Å². The average molecular weight is 575 g/mol. The van der Waals surface area contributed by atoms with Crippen molar-refractivity contribution in [3.05, 3.63) is 124 Å². The molecular formula is C34H24Cl2N4O. The topological polar surface area (TPSA) is 66.9 Å². The molecule has 0 fully saturated rings. The van der Waals surface area contributed by atoms with Gasteiger partial charge in [-0.1, -0.05) is 65.7 Å². The number of hydrogen-bond donors (Lipinski definition) is 2. The molecule has 0 radical (unpaired) electrons. The smallest absolute Gasteiger partial charge is 0.255 e. The quantitative estimate of drug-likeness (QED) is 0.215. The Morgan fingerprint density at radius 2 is 1.54 bits per heavy atom. The van der Waals surface area contributed by atoms with Gasteiger partial charge in [-0.05, 0) is 95.8 Å². The highest BCUT2D eigenvalue weighted by atomic mass is 35.5. The molecule has 0 spiro atoms. The van der Waals surface area contributed by atoms with Crippen molar-refractivity contribution in [1.82, 2.24) is 9.97 Å². The molecule has 0 bridgehead atoms. The molecule has 1 amide bonds. The molecular weight excluding hydrogens is 551 g/mol. The molecule has 7 rings (SSSR count). The van der Waals surface area contributed by atoms with Crippen molar-refractivity contribution < 1.29 is 4.79 Å². The van der Waals surface area contributed by atoms with E-state index in [1.165, 1.54) is 17.5 Å². The molecule has 1 aliphatic carbocycles. The number of aromatic nitrogens is 2. The lowest BCUT2D eigenvalue weighted by Gasteiger charge is -2.14. The van der Waals surface area contributed by atoms with Gasteiger partial charge in [-0.2, -0.15) is 0 Å². The van der Waals surface area contributed by atoms with Crippen LogP contribution in [0, 0.1) is 0 Å². The maximum Gasteiger partial charge on any atom is 0.255 e. The van der Waals surface area contributed by atoms with Gasteiger partial charge in [0.1, 0.15) is 5.82 Å². The molecule has 0 unspecified atom stereocenters. The number of halogens is 2. The monoisotopic (exact) mass is 574 g/mol. The Morgan fingerprint density at radius 1 is 0.707 bits per heavy atom. The highest BCUT2D eigenvalue weighted by Crippen LogP contribution is 2.33. The first kappa shape index (κ1) is 25.5. The van der Waals surface area contributed by atoms with E-state index in [2.05, 4.69) is 59.2 Å². The highest BCUT2D eigenvalue weighted by Gasteiger charge is 2.16. The Labute approximate surface area is 247 Å². The molecule has 0 atom stereocenters. The van der Waals surface area contributed by atoms with Crippen molar-refractivity contribution >= 4 is 68.0 Å². The van der Waals surface area contributed by atoms with Crippen LogP contribution in [0.3, 0.4) is 0 Å². The Morgan fingerprint density at radius 3 is 2.41 bits per heavy atom. The SMILES string of the molecule is O=C(Nc1ccc2nc(-c3ccc4ccccc4c3)nc(Nc3ccc4c(c3)CCC4)c2c1)c1ccc(Cl)c(Cl)c1. The fraction of sp³-hybridized carbons (Fsp3) is 0.0882. The van der Waals surface area contributed by atoms with Crippen LogP contribution < -0.4 is 10.6 Å². The first-order valence-corrected chi connectivity index (χ1v) is 14.2. The lowest BCUT2D eigenvalue weighted by Crippen LogP contribution is -2.12. The van der Waals surface area contributed by atoms with Crippen LogP contribution >= 0.6 is 23.2 Å². The van der Waals surface area contributed by atoms with Crippen LogP contribution in [-0.2, 0) is 12.8 Å². The molecule has 41 heavy (non-hydrogen) atoms. The van der Waals surface area contributed by atoms with Crippen LogP contribution in [0.2, 0.25) is 10.0 Å². The van der Waals surface area contributed by atoms with Crippen LogP contribution in [0.4, 0.5) is 17.2 Å². The molecule has 7 heteroatoms. The minimum atomic E-state index is -0.287. The standard InChI is InChI=1S/C34H24Cl2N4O/c35-29-14-11-25(18-30(29)36)34(41)38-27-13-15-31-28(19-27)33(37-26-12-10-21-6-3-7-23(21)17-26)40-32(39-31)24-9-8-20-4-1-2-5-22(20)16-24/h1-2,4-5,8-19H,3,6-7H2,(H,38,41)(H,37,39,40). The second kappa shape index (κ2) is 10.5. The van der Waals surface area contributed by atoms with Crippen molar-refractivity contribution in [2.75, 3.05) is 10.6 Å². The fourth-order valence-electron chi connectivity index (χ4n) is 5.39. The van der Waals surface area contributed by atoms with Gasteiger partial charge in [0.25, 0.3) is 5.91 Å². The summed E-state index contributed by atoms with van der Waals surface area (Å²) in [7, 11) is 0. The summed E-state index contributed by atoms with van der Waals surface area (Å²) in [5, 5.41) is 10.3. The second-order valence-corrected chi connectivity index (χ2v) is 11.0. The normalized spacial score (nSPS) is 12.4. The van der Waals surface area contributed by atoms with Gasteiger partial charge in [-0.3, -0.25) is 4.79 Å². The lowest BCUT2D eigenvalue weighted by atomic mass is 10.1.